The van der Waals surface area contributed by atoms with Crippen molar-refractivity contribution in [2.45, 2.75) is 39.7 Å². The van der Waals surface area contributed by atoms with Gasteiger partial charge in [-0.1, -0.05) is 24.8 Å². The maximum atomic E-state index is 12.5. The summed E-state index contributed by atoms with van der Waals surface area (Å²) >= 11 is 0. The molecule has 0 fully saturated rings. The molecule has 1 N–H and O–H groups in total. The molecule has 0 saturated carbocycles. The zero-order chi connectivity index (χ0) is 15.3. The van der Waals surface area contributed by atoms with Gasteiger partial charge in [-0.25, -0.2) is 0 Å². The van der Waals surface area contributed by atoms with Crippen molar-refractivity contribution in [2.24, 2.45) is 0 Å². The third kappa shape index (κ3) is 3.61. The lowest BCUT2D eigenvalue weighted by molar-refractivity contribution is 0.0620. The number of nitrogens with zero attached hydrogens (tertiary/aromatic N) is 1. The average Bonchev–Trinajstić information content (AvgIpc) is 2.44. The minimum absolute atomic E-state index is 0.0103. The fourth-order valence-electron chi connectivity index (χ4n) is 1.73. The van der Waals surface area contributed by atoms with E-state index in [9.17, 15) is 4.79 Å². The standard InChI is InChI=1S/C17H23NO2/c1-6-17(3,4)18(5)16(20)15-10-9-13(2)14(12-15)8-7-11-19/h9-10,12,19H,6,11H2,1-5H3. The van der Waals surface area contributed by atoms with Crippen LogP contribution < -0.4 is 0 Å². The monoisotopic (exact) mass is 273 g/mol. The van der Waals surface area contributed by atoms with E-state index in [1.54, 1.807) is 11.0 Å². The van der Waals surface area contributed by atoms with Gasteiger partial charge in [-0.2, -0.15) is 0 Å². The molecule has 0 aliphatic heterocycles. The van der Waals surface area contributed by atoms with E-state index in [0.29, 0.717) is 5.56 Å². The van der Waals surface area contributed by atoms with Crippen LogP contribution in [0.5, 0.6) is 0 Å². The Morgan fingerprint density at radius 3 is 2.60 bits per heavy atom. The Balaban J connectivity index is 3.12. The van der Waals surface area contributed by atoms with Crippen LogP contribution in [0.4, 0.5) is 0 Å². The second-order valence-electron chi connectivity index (χ2n) is 5.52. The van der Waals surface area contributed by atoms with Crippen molar-refractivity contribution in [2.75, 3.05) is 13.7 Å². The first-order valence-corrected chi connectivity index (χ1v) is 6.82. The molecule has 0 saturated heterocycles. The van der Waals surface area contributed by atoms with Gasteiger partial charge in [0.25, 0.3) is 5.91 Å². The maximum absolute atomic E-state index is 12.5. The first-order valence-electron chi connectivity index (χ1n) is 6.82. The Bertz CT molecular complexity index is 550. The molecular formula is C17H23NO2. The fraction of sp³-hybridized carbons (Fsp3) is 0.471. The highest BCUT2D eigenvalue weighted by molar-refractivity contribution is 5.95. The van der Waals surface area contributed by atoms with Crippen molar-refractivity contribution in [1.82, 2.24) is 4.90 Å². The summed E-state index contributed by atoms with van der Waals surface area (Å²) in [6.07, 6.45) is 0.887. The molecule has 0 heterocycles. The summed E-state index contributed by atoms with van der Waals surface area (Å²) in [5, 5.41) is 8.77. The number of benzene rings is 1. The number of carbonyl (C=O) groups excluding carboxylic acids is 1. The lowest BCUT2D eigenvalue weighted by atomic mass is 9.98. The molecule has 0 bridgehead atoms. The van der Waals surface area contributed by atoms with E-state index < -0.39 is 0 Å². The highest BCUT2D eigenvalue weighted by atomic mass is 16.2. The largest absolute Gasteiger partial charge is 0.384 e. The highest BCUT2D eigenvalue weighted by Gasteiger charge is 2.26. The van der Waals surface area contributed by atoms with Crippen LogP contribution >= 0.6 is 0 Å². The average molecular weight is 273 g/mol. The second kappa shape index (κ2) is 6.58. The van der Waals surface area contributed by atoms with Crippen molar-refractivity contribution >= 4 is 5.91 Å². The van der Waals surface area contributed by atoms with Crippen LogP contribution in [0.2, 0.25) is 0 Å². The zero-order valence-electron chi connectivity index (χ0n) is 12.9. The number of aryl methyl sites for hydroxylation is 1. The number of carbonyl (C=O) groups is 1. The number of aliphatic hydroxyl groups excluding tert-OH is 1. The fourth-order valence-corrected chi connectivity index (χ4v) is 1.73. The molecule has 0 atom stereocenters. The molecule has 0 spiro atoms. The molecule has 108 valence electrons. The van der Waals surface area contributed by atoms with Crippen molar-refractivity contribution in [3.05, 3.63) is 34.9 Å². The van der Waals surface area contributed by atoms with Gasteiger partial charge in [0.05, 0.1) is 0 Å². The second-order valence-corrected chi connectivity index (χ2v) is 5.52. The predicted molar refractivity (Wildman–Crippen MR) is 81.6 cm³/mol. The summed E-state index contributed by atoms with van der Waals surface area (Å²) in [4.78, 5) is 14.3. The van der Waals surface area contributed by atoms with Gasteiger partial charge in [0.1, 0.15) is 6.61 Å². The molecular weight excluding hydrogens is 250 g/mol. The normalized spacial score (nSPS) is 10.7. The topological polar surface area (TPSA) is 40.5 Å². The Hall–Kier alpha value is -1.79. The zero-order valence-corrected chi connectivity index (χ0v) is 12.9. The minimum Gasteiger partial charge on any atom is -0.384 e. The van der Waals surface area contributed by atoms with Crippen LogP contribution in [0.1, 0.15) is 48.7 Å². The van der Waals surface area contributed by atoms with E-state index in [1.807, 2.05) is 40.0 Å². The van der Waals surface area contributed by atoms with Crippen LogP contribution in [-0.2, 0) is 0 Å². The molecule has 1 rings (SSSR count). The van der Waals surface area contributed by atoms with Crippen LogP contribution in [0.3, 0.4) is 0 Å². The van der Waals surface area contributed by atoms with Crippen molar-refractivity contribution in [3.63, 3.8) is 0 Å². The van der Waals surface area contributed by atoms with Crippen LogP contribution in [0.25, 0.3) is 0 Å². The molecule has 0 aliphatic rings. The number of rotatable bonds is 3. The van der Waals surface area contributed by atoms with E-state index >= 15 is 0 Å². The maximum Gasteiger partial charge on any atom is 0.254 e. The van der Waals surface area contributed by atoms with Crippen molar-refractivity contribution in [1.29, 1.82) is 0 Å². The number of hydrogen-bond acceptors (Lipinski definition) is 2. The van der Waals surface area contributed by atoms with Gasteiger partial charge in [0, 0.05) is 23.7 Å². The molecule has 1 aromatic carbocycles. The Kier molecular flexibility index (Phi) is 5.35. The quantitative estimate of drug-likeness (QED) is 0.860. The Labute approximate surface area is 121 Å². The Morgan fingerprint density at radius 1 is 1.40 bits per heavy atom. The molecule has 1 aromatic rings. The first kappa shape index (κ1) is 16.3. The molecule has 0 radical (unpaired) electrons. The lowest BCUT2D eigenvalue weighted by Crippen LogP contribution is -2.44. The van der Waals surface area contributed by atoms with Gasteiger partial charge in [-0.05, 0) is 44.9 Å². The van der Waals surface area contributed by atoms with E-state index in [1.165, 1.54) is 0 Å². The molecule has 0 unspecified atom stereocenters. The number of aliphatic hydroxyl groups is 1. The van der Waals surface area contributed by atoms with Crippen LogP contribution in [-0.4, -0.2) is 35.1 Å². The van der Waals surface area contributed by atoms with Crippen molar-refractivity contribution in [3.8, 4) is 11.8 Å². The summed E-state index contributed by atoms with van der Waals surface area (Å²) in [5.41, 5.74) is 2.23. The SMILES string of the molecule is CCC(C)(C)N(C)C(=O)c1ccc(C)c(C#CCO)c1. The Morgan fingerprint density at radius 2 is 2.05 bits per heavy atom. The van der Waals surface area contributed by atoms with Gasteiger partial charge in [-0.15, -0.1) is 0 Å². The van der Waals surface area contributed by atoms with Gasteiger partial charge in [-0.3, -0.25) is 4.79 Å². The third-order valence-electron chi connectivity index (χ3n) is 3.86. The highest BCUT2D eigenvalue weighted by Crippen LogP contribution is 2.20. The molecule has 20 heavy (non-hydrogen) atoms. The number of amides is 1. The predicted octanol–water partition coefficient (Wildman–Crippen LogP) is 2.60. The summed E-state index contributed by atoms with van der Waals surface area (Å²) in [6.45, 7) is 7.92. The molecule has 0 aromatic heterocycles. The van der Waals surface area contributed by atoms with E-state index in [0.717, 1.165) is 17.5 Å². The van der Waals surface area contributed by atoms with Crippen LogP contribution in [0, 0.1) is 18.8 Å². The number of hydrogen-bond donors (Lipinski definition) is 1. The van der Waals surface area contributed by atoms with Gasteiger partial charge >= 0.3 is 0 Å². The molecule has 3 nitrogen and oxygen atoms in total. The summed E-state index contributed by atoms with van der Waals surface area (Å²) in [7, 11) is 1.82. The van der Waals surface area contributed by atoms with Crippen molar-refractivity contribution < 1.29 is 9.90 Å². The summed E-state index contributed by atoms with van der Waals surface area (Å²) in [5.74, 6) is 5.49. The van der Waals surface area contributed by atoms with Gasteiger partial charge < -0.3 is 10.0 Å². The molecule has 3 heteroatoms. The van der Waals surface area contributed by atoms with E-state index in [-0.39, 0.29) is 18.1 Å². The van der Waals surface area contributed by atoms with Gasteiger partial charge in [0.15, 0.2) is 0 Å². The van der Waals surface area contributed by atoms with E-state index in [2.05, 4.69) is 18.8 Å². The lowest BCUT2D eigenvalue weighted by Gasteiger charge is -2.35. The first-order chi connectivity index (χ1) is 9.33. The molecule has 1 amide bonds. The van der Waals surface area contributed by atoms with Crippen LogP contribution in [0.15, 0.2) is 18.2 Å². The summed E-state index contributed by atoms with van der Waals surface area (Å²) in [6, 6.07) is 5.51. The minimum atomic E-state index is -0.182. The van der Waals surface area contributed by atoms with Gasteiger partial charge in [0.2, 0.25) is 0 Å². The molecule has 0 aliphatic carbocycles. The smallest absolute Gasteiger partial charge is 0.254 e. The van der Waals surface area contributed by atoms with E-state index in [4.69, 9.17) is 5.11 Å². The third-order valence-corrected chi connectivity index (χ3v) is 3.86. The summed E-state index contributed by atoms with van der Waals surface area (Å²) < 4.78 is 0.